The molecule has 6 nitrogen and oxygen atoms in total. The number of aryl methyl sites for hydroxylation is 1. The number of rotatable bonds is 9. The van der Waals surface area contributed by atoms with Crippen LogP contribution in [0.4, 0.5) is 0 Å². The molecule has 1 aromatic heterocycles. The molecule has 0 fully saturated rings. The van der Waals surface area contributed by atoms with E-state index in [9.17, 15) is 0 Å². The standard InChI is InChI=1S/C14H27N5O.HI/c1-4-5-10-20-11-6-8-16-14(15-2)17-12-13-7-9-18-19(13)3;/h7,9H,4-6,8,10-12H2,1-3H3,(H2,15,16,17);1H. The first-order valence-electron chi connectivity index (χ1n) is 7.27. The quantitative estimate of drug-likeness (QED) is 0.283. The molecule has 0 radical (unpaired) electrons. The van der Waals surface area contributed by atoms with E-state index in [0.29, 0.717) is 6.54 Å². The summed E-state index contributed by atoms with van der Waals surface area (Å²) in [5.41, 5.74) is 1.12. The summed E-state index contributed by atoms with van der Waals surface area (Å²) in [5.74, 6) is 0.805. The fourth-order valence-electron chi connectivity index (χ4n) is 1.70. The SMILES string of the molecule is CCCCOCCCNC(=NC)NCc1ccnn1C.I. The average molecular weight is 409 g/mol. The molecule has 2 N–H and O–H groups in total. The molecule has 122 valence electrons. The number of nitrogens with one attached hydrogen (secondary N) is 2. The Morgan fingerprint density at radius 1 is 1.33 bits per heavy atom. The Bertz CT molecular complexity index is 394. The van der Waals surface area contributed by atoms with Crippen molar-refractivity contribution in [3.8, 4) is 0 Å². The summed E-state index contributed by atoms with van der Waals surface area (Å²) in [6, 6.07) is 1.99. The molecule has 0 aromatic carbocycles. The zero-order valence-electron chi connectivity index (χ0n) is 13.3. The predicted octanol–water partition coefficient (Wildman–Crippen LogP) is 1.91. The fraction of sp³-hybridized carbons (Fsp3) is 0.714. The Balaban J connectivity index is 0.00000400. The highest BCUT2D eigenvalue weighted by atomic mass is 127. The van der Waals surface area contributed by atoms with Gasteiger partial charge in [0.15, 0.2) is 5.96 Å². The van der Waals surface area contributed by atoms with Crippen LogP contribution in [0, 0.1) is 0 Å². The highest BCUT2D eigenvalue weighted by molar-refractivity contribution is 14.0. The number of aliphatic imine (C=N–C) groups is 1. The molecule has 1 heterocycles. The number of hydrogen-bond acceptors (Lipinski definition) is 3. The number of unbranched alkanes of at least 4 members (excludes halogenated alkanes) is 1. The lowest BCUT2D eigenvalue weighted by Gasteiger charge is -2.12. The first-order chi connectivity index (χ1) is 9.77. The van der Waals surface area contributed by atoms with E-state index in [1.165, 1.54) is 6.42 Å². The number of ether oxygens (including phenoxy) is 1. The Morgan fingerprint density at radius 3 is 2.71 bits per heavy atom. The molecule has 0 bridgehead atoms. The Labute approximate surface area is 144 Å². The van der Waals surface area contributed by atoms with Crippen molar-refractivity contribution in [3.05, 3.63) is 18.0 Å². The van der Waals surface area contributed by atoms with Gasteiger partial charge in [0, 0.05) is 40.1 Å². The first kappa shape index (κ1) is 20.2. The molecule has 0 saturated heterocycles. The molecule has 0 aliphatic heterocycles. The third-order valence-corrected chi connectivity index (χ3v) is 2.98. The van der Waals surface area contributed by atoms with Gasteiger partial charge in [0.2, 0.25) is 0 Å². The zero-order valence-corrected chi connectivity index (χ0v) is 15.6. The van der Waals surface area contributed by atoms with E-state index in [1.807, 2.05) is 17.8 Å². The van der Waals surface area contributed by atoms with Crippen LogP contribution in [0.1, 0.15) is 31.9 Å². The summed E-state index contributed by atoms with van der Waals surface area (Å²) in [5, 5.41) is 10.7. The molecule has 0 aliphatic rings. The van der Waals surface area contributed by atoms with Gasteiger partial charge in [-0.15, -0.1) is 24.0 Å². The van der Waals surface area contributed by atoms with E-state index in [-0.39, 0.29) is 24.0 Å². The summed E-state index contributed by atoms with van der Waals surface area (Å²) in [7, 11) is 3.71. The Kier molecular flexibility index (Phi) is 12.4. The molecule has 7 heteroatoms. The maximum atomic E-state index is 5.51. The lowest BCUT2D eigenvalue weighted by Crippen LogP contribution is -2.38. The van der Waals surface area contributed by atoms with Gasteiger partial charge < -0.3 is 15.4 Å². The minimum absolute atomic E-state index is 0. The van der Waals surface area contributed by atoms with Gasteiger partial charge in [-0.2, -0.15) is 5.10 Å². The van der Waals surface area contributed by atoms with Gasteiger partial charge in [-0.25, -0.2) is 0 Å². The van der Waals surface area contributed by atoms with Gasteiger partial charge in [0.05, 0.1) is 12.2 Å². The third-order valence-electron chi connectivity index (χ3n) is 2.98. The fourth-order valence-corrected chi connectivity index (χ4v) is 1.70. The van der Waals surface area contributed by atoms with Crippen LogP contribution in [0.15, 0.2) is 17.3 Å². The number of aromatic nitrogens is 2. The van der Waals surface area contributed by atoms with Crippen molar-refractivity contribution in [1.29, 1.82) is 0 Å². The first-order valence-corrected chi connectivity index (χ1v) is 7.27. The number of nitrogens with zero attached hydrogens (tertiary/aromatic N) is 3. The van der Waals surface area contributed by atoms with Crippen molar-refractivity contribution in [1.82, 2.24) is 20.4 Å². The van der Waals surface area contributed by atoms with E-state index in [4.69, 9.17) is 4.74 Å². The van der Waals surface area contributed by atoms with Crippen LogP contribution >= 0.6 is 24.0 Å². The van der Waals surface area contributed by atoms with Gasteiger partial charge in [0.1, 0.15) is 0 Å². The molecule has 1 aromatic rings. The molecule has 0 unspecified atom stereocenters. The van der Waals surface area contributed by atoms with E-state index >= 15 is 0 Å². The minimum Gasteiger partial charge on any atom is -0.381 e. The van der Waals surface area contributed by atoms with Gasteiger partial charge in [-0.3, -0.25) is 9.67 Å². The van der Waals surface area contributed by atoms with Crippen LogP contribution in [-0.2, 0) is 18.3 Å². The monoisotopic (exact) mass is 409 g/mol. The van der Waals surface area contributed by atoms with Crippen molar-refractivity contribution in [3.63, 3.8) is 0 Å². The maximum Gasteiger partial charge on any atom is 0.191 e. The second kappa shape index (κ2) is 12.9. The molecular formula is C14H28IN5O. The summed E-state index contributed by atoms with van der Waals surface area (Å²) < 4.78 is 7.36. The summed E-state index contributed by atoms with van der Waals surface area (Å²) in [4.78, 5) is 4.19. The van der Waals surface area contributed by atoms with Crippen LogP contribution < -0.4 is 10.6 Å². The van der Waals surface area contributed by atoms with E-state index in [2.05, 4.69) is 27.6 Å². The van der Waals surface area contributed by atoms with Gasteiger partial charge in [0.25, 0.3) is 0 Å². The molecule has 21 heavy (non-hydrogen) atoms. The van der Waals surface area contributed by atoms with Crippen LogP contribution in [0.25, 0.3) is 0 Å². The summed E-state index contributed by atoms with van der Waals surface area (Å²) >= 11 is 0. The molecular weight excluding hydrogens is 381 g/mol. The number of halogens is 1. The Morgan fingerprint density at radius 2 is 2.10 bits per heavy atom. The lowest BCUT2D eigenvalue weighted by atomic mass is 10.4. The largest absolute Gasteiger partial charge is 0.381 e. The third kappa shape index (κ3) is 8.92. The number of hydrogen-bond donors (Lipinski definition) is 2. The lowest BCUT2D eigenvalue weighted by molar-refractivity contribution is 0.129. The topological polar surface area (TPSA) is 63.5 Å². The average Bonchev–Trinajstić information content (AvgIpc) is 2.86. The van der Waals surface area contributed by atoms with Crippen molar-refractivity contribution < 1.29 is 4.74 Å². The van der Waals surface area contributed by atoms with E-state index < -0.39 is 0 Å². The number of guanidine groups is 1. The molecule has 0 atom stereocenters. The molecule has 0 spiro atoms. The van der Waals surface area contributed by atoms with Crippen molar-refractivity contribution in [2.45, 2.75) is 32.7 Å². The van der Waals surface area contributed by atoms with Crippen LogP contribution in [-0.4, -0.2) is 42.5 Å². The maximum absolute atomic E-state index is 5.51. The van der Waals surface area contributed by atoms with Gasteiger partial charge in [-0.1, -0.05) is 13.3 Å². The molecule has 0 saturated carbocycles. The molecule has 0 amide bonds. The van der Waals surface area contributed by atoms with E-state index in [0.717, 1.165) is 44.3 Å². The zero-order chi connectivity index (χ0) is 14.6. The summed E-state index contributed by atoms with van der Waals surface area (Å²) in [6.07, 6.45) is 5.10. The second-order valence-corrected chi connectivity index (χ2v) is 4.62. The Hall–Kier alpha value is -0.830. The van der Waals surface area contributed by atoms with Crippen molar-refractivity contribution in [2.24, 2.45) is 12.0 Å². The van der Waals surface area contributed by atoms with Crippen LogP contribution in [0.5, 0.6) is 0 Å². The normalized spacial score (nSPS) is 11.1. The van der Waals surface area contributed by atoms with Crippen LogP contribution in [0.3, 0.4) is 0 Å². The van der Waals surface area contributed by atoms with Gasteiger partial charge >= 0.3 is 0 Å². The minimum atomic E-state index is 0. The molecule has 1 rings (SSSR count). The summed E-state index contributed by atoms with van der Waals surface area (Å²) in [6.45, 7) is 5.40. The van der Waals surface area contributed by atoms with Gasteiger partial charge in [-0.05, 0) is 18.9 Å². The van der Waals surface area contributed by atoms with Crippen LogP contribution in [0.2, 0.25) is 0 Å². The predicted molar refractivity (Wildman–Crippen MR) is 97.2 cm³/mol. The van der Waals surface area contributed by atoms with Crippen molar-refractivity contribution >= 4 is 29.9 Å². The smallest absolute Gasteiger partial charge is 0.191 e. The molecule has 0 aliphatic carbocycles. The van der Waals surface area contributed by atoms with Crippen molar-refractivity contribution in [2.75, 3.05) is 26.8 Å². The van der Waals surface area contributed by atoms with E-state index in [1.54, 1.807) is 13.2 Å². The highest BCUT2D eigenvalue weighted by Crippen LogP contribution is 1.94. The highest BCUT2D eigenvalue weighted by Gasteiger charge is 2.00. The second-order valence-electron chi connectivity index (χ2n) is 4.62.